The number of carbonyl (C=O) groups excluding carboxylic acids is 1. The summed E-state index contributed by atoms with van der Waals surface area (Å²) in [5, 5.41) is 6.07. The number of nitrogens with one attached hydrogen (secondary N) is 2. The Balaban J connectivity index is 2.38. The van der Waals surface area contributed by atoms with Gasteiger partial charge in [-0.05, 0) is 18.2 Å². The lowest BCUT2D eigenvalue weighted by atomic mass is 10.2. The van der Waals surface area contributed by atoms with Crippen LogP contribution in [0.2, 0.25) is 0 Å². The maximum absolute atomic E-state index is 12.0. The molecule has 0 bridgehead atoms. The Hall–Kier alpha value is -2.55. The Labute approximate surface area is 108 Å². The van der Waals surface area contributed by atoms with Gasteiger partial charge in [-0.3, -0.25) is 14.6 Å². The van der Waals surface area contributed by atoms with E-state index in [1.807, 2.05) is 0 Å². The van der Waals surface area contributed by atoms with Gasteiger partial charge in [-0.25, -0.2) is 8.42 Å². The van der Waals surface area contributed by atoms with Gasteiger partial charge in [0.05, 0.1) is 11.9 Å². The fourth-order valence-electron chi connectivity index (χ4n) is 1.46. The molecule has 0 spiro atoms. The molecule has 100 valence electrons. The van der Waals surface area contributed by atoms with Crippen LogP contribution in [0.3, 0.4) is 0 Å². The van der Waals surface area contributed by atoms with Crippen molar-refractivity contribution in [1.29, 1.82) is 0 Å². The van der Waals surface area contributed by atoms with Crippen molar-refractivity contribution in [2.45, 2.75) is 4.90 Å². The summed E-state index contributed by atoms with van der Waals surface area (Å²) in [4.78, 5) is 10.8. The molecule has 2 aromatic rings. The van der Waals surface area contributed by atoms with Gasteiger partial charge in [-0.1, -0.05) is 0 Å². The molecule has 6 N–H and O–H groups in total. The third kappa shape index (κ3) is 2.65. The fourth-order valence-corrected chi connectivity index (χ4v) is 2.59. The van der Waals surface area contributed by atoms with Gasteiger partial charge >= 0.3 is 0 Å². The Kier molecular flexibility index (Phi) is 3.13. The topological polar surface area (TPSA) is 144 Å². The van der Waals surface area contributed by atoms with Gasteiger partial charge in [-0.2, -0.15) is 5.10 Å². The average molecular weight is 281 g/mol. The zero-order chi connectivity index (χ0) is 14.0. The zero-order valence-corrected chi connectivity index (χ0v) is 10.4. The Morgan fingerprint density at radius 3 is 2.58 bits per heavy atom. The number of hydrogen-bond donors (Lipinski definition) is 4. The van der Waals surface area contributed by atoms with Crippen molar-refractivity contribution in [2.24, 2.45) is 5.73 Å². The number of benzene rings is 1. The number of nitrogens with zero attached hydrogens (tertiary/aromatic N) is 1. The summed E-state index contributed by atoms with van der Waals surface area (Å²) in [5.41, 5.74) is 10.8. The molecule has 0 atom stereocenters. The van der Waals surface area contributed by atoms with Crippen molar-refractivity contribution in [2.75, 3.05) is 10.5 Å². The van der Waals surface area contributed by atoms with Crippen LogP contribution in [0.5, 0.6) is 0 Å². The van der Waals surface area contributed by atoms with Crippen LogP contribution in [0.1, 0.15) is 10.4 Å². The summed E-state index contributed by atoms with van der Waals surface area (Å²) >= 11 is 0. The van der Waals surface area contributed by atoms with Gasteiger partial charge in [0.1, 0.15) is 10.7 Å². The Bertz CT molecular complexity index is 709. The average Bonchev–Trinajstić information content (AvgIpc) is 2.80. The molecule has 1 amide bonds. The number of amides is 1. The van der Waals surface area contributed by atoms with Crippen molar-refractivity contribution >= 4 is 27.4 Å². The first-order chi connectivity index (χ1) is 8.90. The molecule has 0 radical (unpaired) electrons. The minimum absolute atomic E-state index is 0.0664. The molecule has 0 fully saturated rings. The molecule has 9 heteroatoms. The largest absolute Gasteiger partial charge is 0.398 e. The van der Waals surface area contributed by atoms with E-state index in [1.54, 1.807) is 0 Å². The van der Waals surface area contributed by atoms with E-state index in [4.69, 9.17) is 11.5 Å². The number of nitrogens with two attached hydrogens (primary N) is 2. The van der Waals surface area contributed by atoms with Crippen LogP contribution in [0.15, 0.2) is 35.4 Å². The molecule has 8 nitrogen and oxygen atoms in total. The highest BCUT2D eigenvalue weighted by atomic mass is 32.2. The molecule has 1 heterocycles. The van der Waals surface area contributed by atoms with Crippen molar-refractivity contribution in [3.05, 3.63) is 36.0 Å². The highest BCUT2D eigenvalue weighted by Gasteiger charge is 2.19. The van der Waals surface area contributed by atoms with Crippen molar-refractivity contribution in [1.82, 2.24) is 10.2 Å². The summed E-state index contributed by atoms with van der Waals surface area (Å²) in [5.74, 6) is -0.476. The van der Waals surface area contributed by atoms with Crippen LogP contribution < -0.4 is 16.2 Å². The maximum atomic E-state index is 12.0. The molecular weight excluding hydrogens is 270 g/mol. The number of H-pyrrole nitrogens is 1. The molecular formula is C10H11N5O3S. The molecule has 0 unspecified atom stereocenters. The van der Waals surface area contributed by atoms with Gasteiger partial charge in [0.2, 0.25) is 5.91 Å². The van der Waals surface area contributed by atoms with E-state index in [0.29, 0.717) is 0 Å². The fraction of sp³-hybridized carbons (Fsp3) is 0. The molecule has 0 aliphatic heterocycles. The van der Waals surface area contributed by atoms with Crippen LogP contribution in [0.4, 0.5) is 11.5 Å². The summed E-state index contributed by atoms with van der Waals surface area (Å²) < 4.78 is 26.4. The Morgan fingerprint density at radius 2 is 2.05 bits per heavy atom. The van der Waals surface area contributed by atoms with E-state index in [0.717, 1.165) is 0 Å². The first-order valence-electron chi connectivity index (χ1n) is 5.11. The minimum atomic E-state index is -3.85. The van der Waals surface area contributed by atoms with E-state index in [-0.39, 0.29) is 22.0 Å². The second-order valence-electron chi connectivity index (χ2n) is 3.69. The van der Waals surface area contributed by atoms with Gasteiger partial charge in [0, 0.05) is 11.6 Å². The highest BCUT2D eigenvalue weighted by molar-refractivity contribution is 7.92. The molecule has 19 heavy (non-hydrogen) atoms. The van der Waals surface area contributed by atoms with Gasteiger partial charge < -0.3 is 11.5 Å². The van der Waals surface area contributed by atoms with Crippen LogP contribution in [-0.4, -0.2) is 24.5 Å². The number of aromatic nitrogens is 2. The SMILES string of the molecule is NC(=O)c1ccc(S(=O)(=O)Nc2ccn[nH]2)c(N)c1. The summed E-state index contributed by atoms with van der Waals surface area (Å²) in [6.45, 7) is 0. The van der Waals surface area contributed by atoms with E-state index in [2.05, 4.69) is 14.9 Å². The predicted octanol–water partition coefficient (Wildman–Crippen LogP) is -0.108. The monoisotopic (exact) mass is 281 g/mol. The molecule has 2 rings (SSSR count). The number of nitrogen functional groups attached to an aromatic ring is 1. The molecule has 0 saturated carbocycles. The standard InChI is InChI=1S/C10H11N5O3S/c11-7-5-6(10(12)16)1-2-8(7)19(17,18)15-9-3-4-13-14-9/h1-5H,11H2,(H2,12,16)(H2,13,14,15). The van der Waals surface area contributed by atoms with Crippen LogP contribution >= 0.6 is 0 Å². The highest BCUT2D eigenvalue weighted by Crippen LogP contribution is 2.21. The summed E-state index contributed by atoms with van der Waals surface area (Å²) in [7, 11) is -3.85. The lowest BCUT2D eigenvalue weighted by molar-refractivity contribution is 0.1000. The third-order valence-corrected chi connectivity index (χ3v) is 3.77. The molecule has 1 aromatic carbocycles. The first kappa shape index (κ1) is 12.9. The maximum Gasteiger partial charge on any atom is 0.265 e. The normalized spacial score (nSPS) is 11.2. The lowest BCUT2D eigenvalue weighted by Crippen LogP contribution is -2.17. The summed E-state index contributed by atoms with van der Waals surface area (Å²) in [6.07, 6.45) is 1.40. The molecule has 0 aliphatic carbocycles. The van der Waals surface area contributed by atoms with E-state index < -0.39 is 15.9 Å². The van der Waals surface area contributed by atoms with Gasteiger partial charge in [0.25, 0.3) is 10.0 Å². The van der Waals surface area contributed by atoms with Crippen LogP contribution in [0, 0.1) is 0 Å². The second-order valence-corrected chi connectivity index (χ2v) is 5.34. The van der Waals surface area contributed by atoms with Crippen molar-refractivity contribution in [3.8, 4) is 0 Å². The summed E-state index contributed by atoms with van der Waals surface area (Å²) in [6, 6.07) is 5.17. The lowest BCUT2D eigenvalue weighted by Gasteiger charge is -2.09. The predicted molar refractivity (Wildman–Crippen MR) is 68.8 cm³/mol. The second kappa shape index (κ2) is 4.61. The van der Waals surface area contributed by atoms with Gasteiger partial charge in [-0.15, -0.1) is 0 Å². The quantitative estimate of drug-likeness (QED) is 0.578. The van der Waals surface area contributed by atoms with Crippen molar-refractivity contribution in [3.63, 3.8) is 0 Å². The zero-order valence-electron chi connectivity index (χ0n) is 9.62. The van der Waals surface area contributed by atoms with Crippen LogP contribution in [-0.2, 0) is 10.0 Å². The first-order valence-corrected chi connectivity index (χ1v) is 6.60. The van der Waals surface area contributed by atoms with Crippen molar-refractivity contribution < 1.29 is 13.2 Å². The van der Waals surface area contributed by atoms with E-state index in [9.17, 15) is 13.2 Å². The number of carbonyl (C=O) groups is 1. The number of primary amides is 1. The van der Waals surface area contributed by atoms with E-state index in [1.165, 1.54) is 30.5 Å². The van der Waals surface area contributed by atoms with Crippen LogP contribution in [0.25, 0.3) is 0 Å². The number of sulfonamides is 1. The molecule has 1 aromatic heterocycles. The number of rotatable bonds is 4. The number of hydrogen-bond acceptors (Lipinski definition) is 5. The number of aromatic amines is 1. The van der Waals surface area contributed by atoms with E-state index >= 15 is 0 Å². The smallest absolute Gasteiger partial charge is 0.265 e. The molecule has 0 saturated heterocycles. The number of anilines is 2. The van der Waals surface area contributed by atoms with Gasteiger partial charge in [0.15, 0.2) is 0 Å². The minimum Gasteiger partial charge on any atom is -0.398 e. The molecule has 0 aliphatic rings. The Morgan fingerprint density at radius 1 is 1.32 bits per heavy atom. The third-order valence-electron chi connectivity index (χ3n) is 2.33.